The number of rotatable bonds is 3. The van der Waals surface area contributed by atoms with Gasteiger partial charge >= 0.3 is 6.18 Å². The van der Waals surface area contributed by atoms with Gasteiger partial charge in [0.05, 0.1) is 6.54 Å². The number of thiophene rings is 1. The van der Waals surface area contributed by atoms with Crippen LogP contribution in [-0.4, -0.2) is 21.6 Å². The van der Waals surface area contributed by atoms with E-state index in [1.54, 1.807) is 11.3 Å². The van der Waals surface area contributed by atoms with Crippen LogP contribution in [0.25, 0.3) is 0 Å². The summed E-state index contributed by atoms with van der Waals surface area (Å²) in [6.45, 7) is 1.33. The lowest BCUT2D eigenvalue weighted by Gasteiger charge is -2.21. The highest BCUT2D eigenvalue weighted by molar-refractivity contribution is 7.11. The van der Waals surface area contributed by atoms with E-state index in [0.717, 1.165) is 19.4 Å². The number of halogens is 3. The predicted molar refractivity (Wildman–Crippen MR) is 71.6 cm³/mol. The zero-order valence-corrected chi connectivity index (χ0v) is 12.1. The van der Waals surface area contributed by atoms with Crippen molar-refractivity contribution < 1.29 is 13.2 Å². The molecule has 2 aromatic heterocycles. The van der Waals surface area contributed by atoms with Crippen molar-refractivity contribution in [3.05, 3.63) is 32.4 Å². The predicted octanol–water partition coefficient (Wildman–Crippen LogP) is 3.96. The second-order valence-corrected chi connectivity index (χ2v) is 6.68. The maximum atomic E-state index is 12.5. The lowest BCUT2D eigenvalue weighted by Crippen LogP contribution is -2.22. The van der Waals surface area contributed by atoms with Crippen LogP contribution < -0.4 is 0 Å². The number of likely N-dealkylation sites (tertiary alicyclic amines) is 1. The molecular weight excluding hydrogens is 307 g/mol. The Balaban J connectivity index is 1.72. The lowest BCUT2D eigenvalue weighted by molar-refractivity contribution is -0.138. The summed E-state index contributed by atoms with van der Waals surface area (Å²) in [4.78, 5) is 3.45. The summed E-state index contributed by atoms with van der Waals surface area (Å²) in [5.74, 6) is 0. The van der Waals surface area contributed by atoms with Gasteiger partial charge < -0.3 is 0 Å². The molecule has 0 radical (unpaired) electrons. The molecule has 2 aromatic rings. The summed E-state index contributed by atoms with van der Waals surface area (Å²) in [5, 5.41) is 8.50. The van der Waals surface area contributed by atoms with Crippen molar-refractivity contribution in [1.29, 1.82) is 0 Å². The monoisotopic (exact) mass is 319 g/mol. The smallest absolute Gasteiger partial charge is 0.289 e. The van der Waals surface area contributed by atoms with Crippen molar-refractivity contribution in [3.8, 4) is 0 Å². The largest absolute Gasteiger partial charge is 0.445 e. The summed E-state index contributed by atoms with van der Waals surface area (Å²) in [6.07, 6.45) is -2.28. The Hall–Kier alpha value is -0.990. The fraction of sp³-hybridized carbons (Fsp3) is 0.500. The molecule has 20 heavy (non-hydrogen) atoms. The average Bonchev–Trinajstić information content (AvgIpc) is 3.08. The Kier molecular flexibility index (Phi) is 3.78. The molecule has 1 aliphatic rings. The topological polar surface area (TPSA) is 29.0 Å². The molecule has 0 aliphatic carbocycles. The maximum Gasteiger partial charge on any atom is 0.445 e. The van der Waals surface area contributed by atoms with E-state index < -0.39 is 11.2 Å². The van der Waals surface area contributed by atoms with Crippen molar-refractivity contribution in [2.75, 3.05) is 6.54 Å². The minimum atomic E-state index is -4.39. The van der Waals surface area contributed by atoms with E-state index in [9.17, 15) is 13.2 Å². The zero-order chi connectivity index (χ0) is 14.2. The molecule has 0 amide bonds. The van der Waals surface area contributed by atoms with Crippen LogP contribution in [0, 0.1) is 0 Å². The van der Waals surface area contributed by atoms with Crippen molar-refractivity contribution in [2.24, 2.45) is 0 Å². The summed E-state index contributed by atoms with van der Waals surface area (Å²) in [5.41, 5.74) is 0. The molecule has 1 fully saturated rings. The highest BCUT2D eigenvalue weighted by Gasteiger charge is 2.36. The Morgan fingerprint density at radius 1 is 1.35 bits per heavy atom. The van der Waals surface area contributed by atoms with Crippen LogP contribution in [-0.2, 0) is 12.7 Å². The van der Waals surface area contributed by atoms with Gasteiger partial charge in [-0.2, -0.15) is 13.2 Å². The van der Waals surface area contributed by atoms with Crippen LogP contribution in [0.2, 0.25) is 0 Å². The van der Waals surface area contributed by atoms with Crippen molar-refractivity contribution in [3.63, 3.8) is 0 Å². The van der Waals surface area contributed by atoms with Crippen molar-refractivity contribution in [1.82, 2.24) is 15.1 Å². The standard InChI is InChI=1S/C12H12F3N3S2/c13-12(14,15)11-17-16-10(20-11)7-18-5-1-3-8(18)9-4-2-6-19-9/h2,4,6,8H,1,3,5,7H2/t8-/m0/s1. The van der Waals surface area contributed by atoms with Crippen LogP contribution in [0.5, 0.6) is 0 Å². The number of hydrogen-bond acceptors (Lipinski definition) is 5. The van der Waals surface area contributed by atoms with E-state index in [-0.39, 0.29) is 0 Å². The van der Waals surface area contributed by atoms with E-state index in [1.807, 2.05) is 11.4 Å². The Bertz CT molecular complexity index is 565. The molecule has 1 saturated heterocycles. The van der Waals surface area contributed by atoms with Gasteiger partial charge in [-0.1, -0.05) is 17.4 Å². The summed E-state index contributed by atoms with van der Waals surface area (Å²) < 4.78 is 37.5. The van der Waals surface area contributed by atoms with E-state index in [4.69, 9.17) is 0 Å². The molecule has 3 nitrogen and oxygen atoms in total. The van der Waals surface area contributed by atoms with Crippen LogP contribution in [0.15, 0.2) is 17.5 Å². The second-order valence-electron chi connectivity index (χ2n) is 4.64. The van der Waals surface area contributed by atoms with Crippen molar-refractivity contribution in [2.45, 2.75) is 31.6 Å². The third-order valence-corrected chi connectivity index (χ3v) is 5.21. The number of aromatic nitrogens is 2. The summed E-state index contributed by atoms with van der Waals surface area (Å²) >= 11 is 2.33. The molecule has 8 heteroatoms. The minimum absolute atomic E-state index is 0.299. The van der Waals surface area contributed by atoms with Gasteiger partial charge in [0.15, 0.2) is 0 Å². The molecule has 0 saturated carbocycles. The van der Waals surface area contributed by atoms with Gasteiger partial charge in [0.2, 0.25) is 5.01 Å². The Labute approximate surface area is 122 Å². The normalized spacial score (nSPS) is 20.6. The quantitative estimate of drug-likeness (QED) is 0.857. The molecule has 0 spiro atoms. The molecular formula is C12H12F3N3S2. The third-order valence-electron chi connectivity index (χ3n) is 3.28. The lowest BCUT2D eigenvalue weighted by atomic mass is 10.2. The van der Waals surface area contributed by atoms with Gasteiger partial charge in [0.25, 0.3) is 0 Å². The van der Waals surface area contributed by atoms with Gasteiger partial charge in [0.1, 0.15) is 5.01 Å². The molecule has 0 N–H and O–H groups in total. The van der Waals surface area contributed by atoms with Crippen LogP contribution in [0.1, 0.15) is 33.8 Å². The molecule has 0 unspecified atom stereocenters. The van der Waals surface area contributed by atoms with Gasteiger partial charge in [-0.05, 0) is 30.8 Å². The van der Waals surface area contributed by atoms with Gasteiger partial charge in [-0.3, -0.25) is 4.90 Å². The first-order chi connectivity index (χ1) is 9.54. The molecule has 3 heterocycles. The first-order valence-corrected chi connectivity index (χ1v) is 7.90. The Morgan fingerprint density at radius 2 is 2.20 bits per heavy atom. The first kappa shape index (κ1) is 14.0. The van der Waals surface area contributed by atoms with Crippen LogP contribution in [0.4, 0.5) is 13.2 Å². The highest BCUT2D eigenvalue weighted by atomic mass is 32.1. The fourth-order valence-electron chi connectivity index (χ4n) is 2.42. The van der Waals surface area contributed by atoms with Gasteiger partial charge in [-0.25, -0.2) is 0 Å². The van der Waals surface area contributed by atoms with Crippen LogP contribution in [0.3, 0.4) is 0 Å². The van der Waals surface area contributed by atoms with E-state index in [0.29, 0.717) is 28.9 Å². The average molecular weight is 319 g/mol. The fourth-order valence-corrected chi connectivity index (χ4v) is 4.05. The molecule has 1 aliphatic heterocycles. The molecule has 1 atom stereocenters. The molecule has 0 bridgehead atoms. The van der Waals surface area contributed by atoms with E-state index in [1.165, 1.54) is 4.88 Å². The minimum Gasteiger partial charge on any atom is -0.289 e. The Morgan fingerprint density at radius 3 is 2.85 bits per heavy atom. The summed E-state index contributed by atoms with van der Waals surface area (Å²) in [7, 11) is 0. The number of hydrogen-bond donors (Lipinski definition) is 0. The van der Waals surface area contributed by atoms with Gasteiger partial charge in [-0.15, -0.1) is 21.5 Å². The number of nitrogens with zero attached hydrogens (tertiary/aromatic N) is 3. The van der Waals surface area contributed by atoms with E-state index in [2.05, 4.69) is 21.2 Å². The van der Waals surface area contributed by atoms with Crippen LogP contribution >= 0.6 is 22.7 Å². The van der Waals surface area contributed by atoms with Gasteiger partial charge in [0, 0.05) is 10.9 Å². The highest BCUT2D eigenvalue weighted by Crippen LogP contribution is 2.37. The maximum absolute atomic E-state index is 12.5. The molecule has 3 rings (SSSR count). The zero-order valence-electron chi connectivity index (χ0n) is 10.4. The molecule has 0 aromatic carbocycles. The third kappa shape index (κ3) is 2.87. The molecule has 108 valence electrons. The summed E-state index contributed by atoms with van der Waals surface area (Å²) in [6, 6.07) is 4.38. The van der Waals surface area contributed by atoms with E-state index >= 15 is 0 Å². The van der Waals surface area contributed by atoms with Crippen molar-refractivity contribution >= 4 is 22.7 Å². The second kappa shape index (κ2) is 5.42. The first-order valence-electron chi connectivity index (χ1n) is 6.21. The number of alkyl halides is 3. The SMILES string of the molecule is FC(F)(F)c1nnc(CN2CCC[C@H]2c2cccs2)s1.